The van der Waals surface area contributed by atoms with Crippen LogP contribution in [-0.4, -0.2) is 19.3 Å². The van der Waals surface area contributed by atoms with Gasteiger partial charge in [-0.25, -0.2) is 15.0 Å². The minimum absolute atomic E-state index is 0.0345. The summed E-state index contributed by atoms with van der Waals surface area (Å²) in [6.45, 7) is 5.83. The molecule has 0 saturated carbocycles. The fraction of sp³-hybridized carbons (Fsp3) is 0.400. The van der Waals surface area contributed by atoms with Crippen LogP contribution in [0.3, 0.4) is 0 Å². The standard InChI is InChI=1S/C10H13N5S/c1-6-4-5-11-9(12-6)7(2)13-10-14-8(3)15-16-10/h4-5,7H,1-3H3,(H,13,14,15)/t7-/m1/s1. The maximum Gasteiger partial charge on any atom is 0.203 e. The van der Waals surface area contributed by atoms with Gasteiger partial charge in [-0.3, -0.25) is 0 Å². The molecule has 2 rings (SSSR count). The molecule has 0 unspecified atom stereocenters. The van der Waals surface area contributed by atoms with Crippen molar-refractivity contribution in [3.8, 4) is 0 Å². The number of nitrogens with one attached hydrogen (secondary N) is 1. The van der Waals surface area contributed by atoms with E-state index in [1.807, 2.05) is 26.8 Å². The van der Waals surface area contributed by atoms with Crippen LogP contribution in [0.4, 0.5) is 5.13 Å². The molecule has 0 aliphatic rings. The predicted octanol–water partition coefficient (Wildman–Crippen LogP) is 2.12. The Morgan fingerprint density at radius 2 is 2.12 bits per heavy atom. The highest BCUT2D eigenvalue weighted by Gasteiger charge is 2.10. The Balaban J connectivity index is 2.11. The van der Waals surface area contributed by atoms with Gasteiger partial charge in [0, 0.05) is 23.4 Å². The molecule has 5 nitrogen and oxygen atoms in total. The number of rotatable bonds is 3. The van der Waals surface area contributed by atoms with Crippen LogP contribution in [-0.2, 0) is 0 Å². The monoisotopic (exact) mass is 235 g/mol. The lowest BCUT2D eigenvalue weighted by molar-refractivity contribution is 0.778. The molecule has 1 atom stereocenters. The van der Waals surface area contributed by atoms with E-state index in [0.717, 1.165) is 22.5 Å². The van der Waals surface area contributed by atoms with Crippen molar-refractivity contribution in [2.45, 2.75) is 26.8 Å². The van der Waals surface area contributed by atoms with Gasteiger partial charge in [-0.05, 0) is 26.8 Å². The fourth-order valence-corrected chi connectivity index (χ4v) is 1.94. The Morgan fingerprint density at radius 1 is 1.31 bits per heavy atom. The molecule has 0 aliphatic heterocycles. The van der Waals surface area contributed by atoms with Gasteiger partial charge in [-0.15, -0.1) is 0 Å². The molecule has 16 heavy (non-hydrogen) atoms. The van der Waals surface area contributed by atoms with Crippen molar-refractivity contribution < 1.29 is 0 Å². The third-order valence-corrected chi connectivity index (χ3v) is 2.81. The highest BCUT2D eigenvalue weighted by Crippen LogP contribution is 2.17. The molecule has 2 aromatic rings. The summed E-state index contributed by atoms with van der Waals surface area (Å²) in [5.41, 5.74) is 0.965. The number of nitrogens with zero attached hydrogens (tertiary/aromatic N) is 4. The highest BCUT2D eigenvalue weighted by molar-refractivity contribution is 7.09. The van der Waals surface area contributed by atoms with Crippen molar-refractivity contribution >= 4 is 16.7 Å². The summed E-state index contributed by atoms with van der Waals surface area (Å²) in [6, 6.07) is 1.91. The van der Waals surface area contributed by atoms with Crippen LogP contribution in [0.15, 0.2) is 12.3 Å². The van der Waals surface area contributed by atoms with Crippen molar-refractivity contribution in [2.24, 2.45) is 0 Å². The summed E-state index contributed by atoms with van der Waals surface area (Å²) >= 11 is 1.35. The summed E-state index contributed by atoms with van der Waals surface area (Å²) in [6.07, 6.45) is 1.77. The van der Waals surface area contributed by atoms with Crippen molar-refractivity contribution in [1.82, 2.24) is 19.3 Å². The van der Waals surface area contributed by atoms with Crippen LogP contribution in [0.1, 0.15) is 30.3 Å². The lowest BCUT2D eigenvalue weighted by Gasteiger charge is -2.10. The molecule has 6 heteroatoms. The van der Waals surface area contributed by atoms with Crippen molar-refractivity contribution in [1.29, 1.82) is 0 Å². The van der Waals surface area contributed by atoms with Gasteiger partial charge in [-0.1, -0.05) is 0 Å². The average molecular weight is 235 g/mol. The first-order chi connectivity index (χ1) is 7.65. The largest absolute Gasteiger partial charge is 0.351 e. The lowest BCUT2D eigenvalue weighted by atomic mass is 10.3. The fourth-order valence-electron chi connectivity index (χ4n) is 1.28. The van der Waals surface area contributed by atoms with E-state index in [1.165, 1.54) is 11.5 Å². The molecule has 0 spiro atoms. The van der Waals surface area contributed by atoms with Gasteiger partial charge in [0.1, 0.15) is 11.6 Å². The molecule has 0 saturated heterocycles. The zero-order chi connectivity index (χ0) is 11.5. The maximum atomic E-state index is 4.36. The molecule has 2 aromatic heterocycles. The number of aromatic nitrogens is 4. The van der Waals surface area contributed by atoms with Crippen LogP contribution in [0.25, 0.3) is 0 Å². The lowest BCUT2D eigenvalue weighted by Crippen LogP contribution is -2.10. The Labute approximate surface area is 98.2 Å². The molecule has 0 radical (unpaired) electrons. The molecular formula is C10H13N5S. The van der Waals surface area contributed by atoms with Crippen LogP contribution < -0.4 is 5.32 Å². The number of hydrogen-bond donors (Lipinski definition) is 1. The highest BCUT2D eigenvalue weighted by atomic mass is 32.1. The Morgan fingerprint density at radius 3 is 2.75 bits per heavy atom. The molecule has 0 bridgehead atoms. The second kappa shape index (κ2) is 4.52. The van der Waals surface area contributed by atoms with Gasteiger partial charge in [-0.2, -0.15) is 4.37 Å². The van der Waals surface area contributed by atoms with E-state index in [1.54, 1.807) is 6.20 Å². The first-order valence-corrected chi connectivity index (χ1v) is 5.79. The maximum absolute atomic E-state index is 4.36. The summed E-state index contributed by atoms with van der Waals surface area (Å²) in [7, 11) is 0. The topological polar surface area (TPSA) is 63.6 Å². The van der Waals surface area contributed by atoms with Crippen molar-refractivity contribution in [2.75, 3.05) is 5.32 Å². The van der Waals surface area contributed by atoms with E-state index < -0.39 is 0 Å². The number of anilines is 1. The number of aryl methyl sites for hydroxylation is 2. The van der Waals surface area contributed by atoms with Gasteiger partial charge in [0.2, 0.25) is 5.13 Å². The molecule has 0 fully saturated rings. The van der Waals surface area contributed by atoms with E-state index >= 15 is 0 Å². The van der Waals surface area contributed by atoms with E-state index in [-0.39, 0.29) is 6.04 Å². The first-order valence-electron chi connectivity index (χ1n) is 5.01. The van der Waals surface area contributed by atoms with Crippen molar-refractivity contribution in [3.63, 3.8) is 0 Å². The minimum Gasteiger partial charge on any atom is -0.351 e. The summed E-state index contributed by atoms with van der Waals surface area (Å²) in [5.74, 6) is 1.55. The first kappa shape index (κ1) is 10.9. The van der Waals surface area contributed by atoms with E-state index in [0.29, 0.717) is 0 Å². The Bertz CT molecular complexity index is 482. The van der Waals surface area contributed by atoms with E-state index in [9.17, 15) is 0 Å². The number of hydrogen-bond acceptors (Lipinski definition) is 6. The van der Waals surface area contributed by atoms with Gasteiger partial charge in [0.15, 0.2) is 0 Å². The summed E-state index contributed by atoms with van der Waals surface area (Å²) in [4.78, 5) is 12.8. The predicted molar refractivity (Wildman–Crippen MR) is 63.5 cm³/mol. The second-order valence-electron chi connectivity index (χ2n) is 3.57. The molecule has 2 heterocycles. The van der Waals surface area contributed by atoms with Crippen LogP contribution >= 0.6 is 11.5 Å². The minimum atomic E-state index is 0.0345. The molecule has 0 aromatic carbocycles. The molecule has 84 valence electrons. The Kier molecular flexibility index (Phi) is 3.09. The van der Waals surface area contributed by atoms with Crippen LogP contribution in [0.5, 0.6) is 0 Å². The third-order valence-electron chi connectivity index (χ3n) is 2.07. The summed E-state index contributed by atoms with van der Waals surface area (Å²) < 4.78 is 4.11. The molecule has 0 aliphatic carbocycles. The Hall–Kier alpha value is -1.56. The third kappa shape index (κ3) is 2.52. The van der Waals surface area contributed by atoms with Crippen LogP contribution in [0.2, 0.25) is 0 Å². The van der Waals surface area contributed by atoms with Gasteiger partial charge >= 0.3 is 0 Å². The molecule has 1 N–H and O–H groups in total. The summed E-state index contributed by atoms with van der Waals surface area (Å²) in [5, 5.41) is 4.03. The van der Waals surface area contributed by atoms with Crippen molar-refractivity contribution in [3.05, 3.63) is 29.6 Å². The smallest absolute Gasteiger partial charge is 0.203 e. The van der Waals surface area contributed by atoms with Gasteiger partial charge in [0.25, 0.3) is 0 Å². The zero-order valence-corrected chi connectivity index (χ0v) is 10.2. The second-order valence-corrected chi connectivity index (χ2v) is 4.32. The van der Waals surface area contributed by atoms with E-state index in [2.05, 4.69) is 24.6 Å². The molecule has 0 amide bonds. The SMILES string of the molecule is Cc1ccnc([C@@H](C)Nc2nc(C)ns2)n1. The zero-order valence-electron chi connectivity index (χ0n) is 9.43. The normalized spacial score (nSPS) is 12.4. The quantitative estimate of drug-likeness (QED) is 0.882. The molecular weight excluding hydrogens is 222 g/mol. The van der Waals surface area contributed by atoms with Gasteiger partial charge in [0.05, 0.1) is 6.04 Å². The van der Waals surface area contributed by atoms with Gasteiger partial charge < -0.3 is 5.32 Å². The van der Waals surface area contributed by atoms with E-state index in [4.69, 9.17) is 0 Å². The average Bonchev–Trinajstić information content (AvgIpc) is 2.64. The van der Waals surface area contributed by atoms with Crippen LogP contribution in [0, 0.1) is 13.8 Å².